The molecule has 0 aromatic rings. The Bertz CT molecular complexity index is 775. The second kappa shape index (κ2) is 40.6. The third-order valence-corrected chi connectivity index (χ3v) is 10.4. The second-order valence-corrected chi connectivity index (χ2v) is 15.1. The summed E-state index contributed by atoms with van der Waals surface area (Å²) in [7, 11) is 19.2. The topological polar surface area (TPSA) is 41.2 Å². The zero-order chi connectivity index (χ0) is 37.8. The van der Waals surface area contributed by atoms with Gasteiger partial charge >= 0.3 is 0 Å². The van der Waals surface area contributed by atoms with E-state index < -0.39 is 0 Å². The molecule has 10 nitrogen and oxygen atoms in total. The molecule has 5 heterocycles. The van der Waals surface area contributed by atoms with Crippen LogP contribution in [0.4, 0.5) is 0 Å². The van der Waals surface area contributed by atoms with E-state index in [1.807, 2.05) is 0 Å². The molecule has 5 atom stereocenters. The first kappa shape index (κ1) is 69.2. The summed E-state index contributed by atoms with van der Waals surface area (Å²) < 4.78 is 0. The van der Waals surface area contributed by atoms with E-state index in [2.05, 4.69) is 180 Å². The maximum atomic E-state index is 3.88. The van der Waals surface area contributed by atoms with Crippen molar-refractivity contribution in [3.63, 3.8) is 0 Å². The maximum Gasteiger partial charge on any atom is 0 e. The van der Waals surface area contributed by atoms with Crippen LogP contribution in [0.5, 0.6) is 0 Å². The van der Waals surface area contributed by atoms with E-state index in [0.29, 0.717) is 30.2 Å². The smallest absolute Gasteiger partial charge is 0 e. The van der Waals surface area contributed by atoms with Crippen molar-refractivity contribution >= 4 is 0 Å². The SMILES string of the molecule is [CH2-]CN(C)C1CN(C)C[C-]1C.[CH2-]CN(C)C1[CH-]CN(C)C1.[CH2-]CN(C)C1[CH-]CN(C)C1.[CH2-]CN(C)C1[CH-]CN(C)C1.[CH2-]CN[C@H]1[CH-]CN(C)C1.[Y].[Y].[Y].[Y].[Y]. The van der Waals surface area contributed by atoms with Gasteiger partial charge in [0.25, 0.3) is 0 Å². The van der Waals surface area contributed by atoms with Gasteiger partial charge < -0.3 is 84.0 Å². The molecular weight excluding hydrogens is 1070 g/mol. The minimum absolute atomic E-state index is 0. The van der Waals surface area contributed by atoms with E-state index >= 15 is 0 Å². The average Bonchev–Trinajstić information content (AvgIpc) is 3.95. The van der Waals surface area contributed by atoms with E-state index in [9.17, 15) is 0 Å². The first-order valence-corrected chi connectivity index (χ1v) is 18.8. The normalized spacial score (nSPS) is 25.9. The summed E-state index contributed by atoms with van der Waals surface area (Å²) in [6.45, 7) is 37.2. The molecule has 315 valence electrons. The van der Waals surface area contributed by atoms with Crippen LogP contribution >= 0.6 is 0 Å². The van der Waals surface area contributed by atoms with Crippen molar-refractivity contribution in [1.82, 2.24) is 49.4 Å². The van der Waals surface area contributed by atoms with Crippen LogP contribution in [0.25, 0.3) is 0 Å². The number of rotatable bonds is 10. The number of nitrogens with one attached hydrogen (secondary N) is 1. The Morgan fingerprint density at radius 2 is 0.836 bits per heavy atom. The third-order valence-electron chi connectivity index (χ3n) is 10.4. The molecule has 0 amide bonds. The molecule has 55 heavy (non-hydrogen) atoms. The molecule has 5 fully saturated rings. The molecule has 5 aliphatic heterocycles. The fourth-order valence-electron chi connectivity index (χ4n) is 6.61. The Labute approximate surface area is 470 Å². The number of likely N-dealkylation sites (N-methyl/N-ethyl adjacent to an activating group) is 9. The molecule has 5 saturated heterocycles. The summed E-state index contributed by atoms with van der Waals surface area (Å²) in [4.78, 5) is 20.7. The molecule has 0 bridgehead atoms. The van der Waals surface area contributed by atoms with Gasteiger partial charge in [0.15, 0.2) is 0 Å². The van der Waals surface area contributed by atoms with Crippen LogP contribution in [0, 0.1) is 66.2 Å². The molecule has 15 heteroatoms. The first-order chi connectivity index (χ1) is 23.7. The largest absolute Gasteiger partial charge is 0.372 e. The Kier molecular flexibility index (Phi) is 51.1. The average molecular weight is 1150 g/mol. The van der Waals surface area contributed by atoms with Gasteiger partial charge in [0, 0.05) is 164 Å². The van der Waals surface area contributed by atoms with E-state index in [1.165, 1.54) is 0 Å². The van der Waals surface area contributed by atoms with E-state index in [4.69, 9.17) is 0 Å². The summed E-state index contributed by atoms with van der Waals surface area (Å²) in [6.07, 6.45) is 9.30. The number of hydrogen-bond donors (Lipinski definition) is 1. The zero-order valence-electron chi connectivity index (χ0n) is 37.2. The van der Waals surface area contributed by atoms with Crippen molar-refractivity contribution in [3.05, 3.63) is 66.2 Å². The minimum Gasteiger partial charge on any atom is -0.372 e. The molecule has 0 aromatic heterocycles. The van der Waals surface area contributed by atoms with Crippen LogP contribution in [0.1, 0.15) is 6.92 Å². The van der Waals surface area contributed by atoms with Crippen LogP contribution in [0.3, 0.4) is 0 Å². The number of hydrogen-bond acceptors (Lipinski definition) is 10. The molecule has 5 radical (unpaired) electrons. The van der Waals surface area contributed by atoms with Gasteiger partial charge in [0.1, 0.15) is 0 Å². The van der Waals surface area contributed by atoms with Gasteiger partial charge in [-0.25, -0.2) is 0 Å². The molecule has 5 aliphatic rings. The fraction of sp³-hybridized carbons (Fsp3) is 0.750. The third kappa shape index (κ3) is 30.0. The molecule has 0 aliphatic carbocycles. The Morgan fingerprint density at radius 1 is 0.509 bits per heavy atom. The Balaban J connectivity index is -0.000000185. The molecule has 0 aromatic carbocycles. The van der Waals surface area contributed by atoms with Gasteiger partial charge in [0.2, 0.25) is 0 Å². The van der Waals surface area contributed by atoms with Crippen molar-refractivity contribution in [2.45, 2.75) is 37.1 Å². The van der Waals surface area contributed by atoms with Crippen molar-refractivity contribution < 1.29 is 164 Å². The van der Waals surface area contributed by atoms with Crippen molar-refractivity contribution in [2.75, 3.05) is 162 Å². The van der Waals surface area contributed by atoms with E-state index in [1.54, 1.807) is 5.92 Å². The van der Waals surface area contributed by atoms with Crippen LogP contribution in [-0.2, 0) is 164 Å². The summed E-state index contributed by atoms with van der Waals surface area (Å²) in [5, 5.41) is 3.27. The molecule has 0 saturated carbocycles. The van der Waals surface area contributed by atoms with Crippen molar-refractivity contribution in [3.8, 4) is 0 Å². The minimum atomic E-state index is 0. The summed E-state index contributed by atoms with van der Waals surface area (Å²) in [5.41, 5.74) is 0. The Hall–Kier alpha value is 5.12. The van der Waals surface area contributed by atoms with Crippen molar-refractivity contribution in [2.24, 2.45) is 0 Å². The summed E-state index contributed by atoms with van der Waals surface area (Å²) in [6, 6.07) is 3.09. The van der Waals surface area contributed by atoms with Gasteiger partial charge in [0.05, 0.1) is 0 Å². The molecule has 4 unspecified atom stereocenters. The second-order valence-electron chi connectivity index (χ2n) is 15.1. The number of nitrogens with zero attached hydrogens (tertiary/aromatic N) is 9. The van der Waals surface area contributed by atoms with Gasteiger partial charge in [-0.05, 0) is 96.2 Å². The fourth-order valence-corrected chi connectivity index (χ4v) is 6.61. The van der Waals surface area contributed by atoms with Crippen LogP contribution in [-0.4, -0.2) is 236 Å². The van der Waals surface area contributed by atoms with Crippen LogP contribution in [0.2, 0.25) is 0 Å². The van der Waals surface area contributed by atoms with E-state index in [-0.39, 0.29) is 164 Å². The molecular formula is C40H80N10Y5-10. The van der Waals surface area contributed by atoms with Gasteiger partial charge in [-0.3, -0.25) is 31.6 Å². The van der Waals surface area contributed by atoms with Crippen molar-refractivity contribution in [1.29, 1.82) is 0 Å². The predicted molar refractivity (Wildman–Crippen MR) is 218 cm³/mol. The summed E-state index contributed by atoms with van der Waals surface area (Å²) >= 11 is 0. The van der Waals surface area contributed by atoms with Gasteiger partial charge in [-0.2, -0.15) is 6.92 Å². The van der Waals surface area contributed by atoms with Gasteiger partial charge in [-0.15, -0.1) is 95.7 Å². The van der Waals surface area contributed by atoms with E-state index in [0.717, 1.165) is 98.2 Å². The van der Waals surface area contributed by atoms with Crippen LogP contribution in [0.15, 0.2) is 0 Å². The molecule has 0 spiro atoms. The maximum absolute atomic E-state index is 3.88. The number of likely N-dealkylation sites (tertiary alicyclic amines) is 5. The molecule has 1 N–H and O–H groups in total. The van der Waals surface area contributed by atoms with Crippen LogP contribution < -0.4 is 5.32 Å². The summed E-state index contributed by atoms with van der Waals surface area (Å²) in [5.74, 6) is 1.57. The van der Waals surface area contributed by atoms with Gasteiger partial charge in [-0.1, -0.05) is 0 Å². The molecule has 5 rings (SSSR count). The first-order valence-electron chi connectivity index (χ1n) is 18.8. The Morgan fingerprint density at radius 3 is 1.05 bits per heavy atom. The standard InChI is InChI=1S/C9H18N2.3C8H16N2.C7H14N2.5Y/c1-5-11(4)9-7-10(3)6-8(9)2;3*1-4-10(3)8-5-6-9(2)7-8;1-3-8-7-4-5-9(2)6-7;;;;;/h9H,1,5-7H2,2-4H3;3*5,8H,1,4,6-7H2,2-3H3;4,7-8H,1,3,5-6H2,2H3;;;;;/q5*-2;;;;;/t;;;;7-;;;;;/m....0...../s1. The monoisotopic (exact) mass is 1150 g/mol. The quantitative estimate of drug-likeness (QED) is 0.326. The predicted octanol–water partition coefficient (Wildman–Crippen LogP) is 1.39. The zero-order valence-corrected chi connectivity index (χ0v) is 51.4.